The molecule has 0 bridgehead atoms. The molecule has 0 fully saturated rings. The smallest absolute Gasteiger partial charge is 0.219 e. The maximum atomic E-state index is 10.7. The van der Waals surface area contributed by atoms with E-state index in [2.05, 4.69) is 29.2 Å². The second kappa shape index (κ2) is 4.17. The number of amides is 1. The fraction of sp³-hybridized carbons (Fsp3) is 0.250. The molecule has 3 heteroatoms. The van der Waals surface area contributed by atoms with Crippen LogP contribution >= 0.6 is 0 Å². The number of anilines is 1. The molecule has 1 amide bonds. The first-order chi connectivity index (χ1) is 7.27. The molecule has 0 saturated heterocycles. The lowest BCUT2D eigenvalue weighted by molar-refractivity contribution is -0.117. The minimum absolute atomic E-state index is 0.248. The van der Waals surface area contributed by atoms with Crippen molar-refractivity contribution in [2.45, 2.75) is 6.42 Å². The highest BCUT2D eigenvalue weighted by Crippen LogP contribution is 2.25. The number of carbonyl (C=O) groups is 1. The summed E-state index contributed by atoms with van der Waals surface area (Å²) in [5.74, 6) is -0.248. The van der Waals surface area contributed by atoms with Crippen LogP contribution in [0, 0.1) is 0 Å². The zero-order valence-electron chi connectivity index (χ0n) is 8.52. The summed E-state index contributed by atoms with van der Waals surface area (Å²) in [6.07, 6.45) is 4.61. The molecule has 78 valence electrons. The average molecular weight is 202 g/mol. The molecule has 0 unspecified atom stereocenters. The molecule has 1 aromatic rings. The Hall–Kier alpha value is -1.77. The molecule has 2 rings (SSSR count). The van der Waals surface area contributed by atoms with Gasteiger partial charge in [0.2, 0.25) is 5.91 Å². The quantitative estimate of drug-likeness (QED) is 0.805. The number of hydrogen-bond donors (Lipinski definition) is 1. The molecule has 15 heavy (non-hydrogen) atoms. The zero-order chi connectivity index (χ0) is 10.7. The van der Waals surface area contributed by atoms with Gasteiger partial charge in [0.25, 0.3) is 0 Å². The molecule has 0 aromatic heterocycles. The Labute approximate surface area is 89.2 Å². The van der Waals surface area contributed by atoms with Crippen molar-refractivity contribution in [2.24, 2.45) is 5.73 Å². The number of fused-ring (bicyclic) bond motifs is 1. The van der Waals surface area contributed by atoms with E-state index in [1.807, 2.05) is 12.1 Å². The van der Waals surface area contributed by atoms with Crippen molar-refractivity contribution >= 4 is 17.7 Å². The van der Waals surface area contributed by atoms with Crippen molar-refractivity contribution in [2.75, 3.05) is 18.0 Å². The van der Waals surface area contributed by atoms with Crippen LogP contribution in [0.2, 0.25) is 0 Å². The molecular weight excluding hydrogens is 188 g/mol. The summed E-state index contributed by atoms with van der Waals surface area (Å²) in [6, 6.07) is 8.16. The van der Waals surface area contributed by atoms with Crippen LogP contribution in [0.5, 0.6) is 0 Å². The van der Waals surface area contributed by atoms with Crippen LogP contribution < -0.4 is 10.6 Å². The van der Waals surface area contributed by atoms with Crippen LogP contribution in [-0.4, -0.2) is 19.0 Å². The minimum atomic E-state index is -0.248. The Balaban J connectivity index is 2.15. The summed E-state index contributed by atoms with van der Waals surface area (Å²) < 4.78 is 0. The van der Waals surface area contributed by atoms with E-state index >= 15 is 0 Å². The molecule has 0 aliphatic carbocycles. The van der Waals surface area contributed by atoms with Gasteiger partial charge in [-0.3, -0.25) is 4.79 Å². The van der Waals surface area contributed by atoms with Gasteiger partial charge in [0.15, 0.2) is 0 Å². The number of benzene rings is 1. The Morgan fingerprint density at radius 2 is 2.20 bits per heavy atom. The maximum Gasteiger partial charge on any atom is 0.219 e. The van der Waals surface area contributed by atoms with Crippen LogP contribution in [-0.2, 0) is 4.79 Å². The molecule has 0 saturated carbocycles. The largest absolute Gasteiger partial charge is 0.370 e. The Morgan fingerprint density at radius 1 is 1.40 bits per heavy atom. The van der Waals surface area contributed by atoms with E-state index in [1.165, 1.54) is 11.3 Å². The van der Waals surface area contributed by atoms with Crippen LogP contribution in [0.1, 0.15) is 12.0 Å². The van der Waals surface area contributed by atoms with Gasteiger partial charge in [-0.05, 0) is 11.6 Å². The lowest BCUT2D eigenvalue weighted by atomic mass is 10.1. The number of para-hydroxylation sites is 1. The van der Waals surface area contributed by atoms with Gasteiger partial charge in [-0.1, -0.05) is 30.4 Å². The normalized spacial score (nSPS) is 13.7. The second-order valence-corrected chi connectivity index (χ2v) is 3.62. The van der Waals surface area contributed by atoms with Gasteiger partial charge in [0, 0.05) is 25.2 Å². The predicted octanol–water partition coefficient (Wildman–Crippen LogP) is 1.40. The Morgan fingerprint density at radius 3 is 3.00 bits per heavy atom. The Bertz CT molecular complexity index is 398. The summed E-state index contributed by atoms with van der Waals surface area (Å²) in [5.41, 5.74) is 7.53. The summed E-state index contributed by atoms with van der Waals surface area (Å²) in [7, 11) is 0. The van der Waals surface area contributed by atoms with E-state index < -0.39 is 0 Å². The summed E-state index contributed by atoms with van der Waals surface area (Å²) >= 11 is 0. The lowest BCUT2D eigenvalue weighted by Crippen LogP contribution is -2.30. The fourth-order valence-electron chi connectivity index (χ4n) is 1.78. The first-order valence-electron chi connectivity index (χ1n) is 5.06. The number of nitrogens with two attached hydrogens (primary N) is 1. The SMILES string of the molecule is NC(=O)CCN1CC=Cc2ccccc21. The number of carbonyl (C=O) groups excluding carboxylic acids is 1. The average Bonchev–Trinajstić information content (AvgIpc) is 2.26. The lowest BCUT2D eigenvalue weighted by Gasteiger charge is -2.27. The van der Waals surface area contributed by atoms with Gasteiger partial charge in [-0.2, -0.15) is 0 Å². The monoisotopic (exact) mass is 202 g/mol. The molecule has 1 heterocycles. The molecule has 1 aliphatic heterocycles. The van der Waals surface area contributed by atoms with Crippen LogP contribution in [0.25, 0.3) is 6.08 Å². The topological polar surface area (TPSA) is 46.3 Å². The summed E-state index contributed by atoms with van der Waals surface area (Å²) in [6.45, 7) is 1.54. The number of hydrogen-bond acceptors (Lipinski definition) is 2. The maximum absolute atomic E-state index is 10.7. The molecule has 1 aliphatic rings. The summed E-state index contributed by atoms with van der Waals surface area (Å²) in [4.78, 5) is 12.9. The molecule has 0 spiro atoms. The molecule has 3 nitrogen and oxygen atoms in total. The first kappa shape index (κ1) is 9.77. The van der Waals surface area contributed by atoms with Crippen LogP contribution in [0.4, 0.5) is 5.69 Å². The molecule has 0 atom stereocenters. The van der Waals surface area contributed by atoms with Crippen molar-refractivity contribution in [3.05, 3.63) is 35.9 Å². The standard InChI is InChI=1S/C12H14N2O/c13-12(15)7-9-14-8-3-5-10-4-1-2-6-11(10)14/h1-6H,7-9H2,(H2,13,15). The first-order valence-corrected chi connectivity index (χ1v) is 5.06. The van der Waals surface area contributed by atoms with Crippen molar-refractivity contribution in [1.29, 1.82) is 0 Å². The van der Waals surface area contributed by atoms with Crippen LogP contribution in [0.3, 0.4) is 0 Å². The molecule has 1 aromatic carbocycles. The van der Waals surface area contributed by atoms with Gasteiger partial charge in [0.05, 0.1) is 0 Å². The van der Waals surface area contributed by atoms with Crippen molar-refractivity contribution in [1.82, 2.24) is 0 Å². The third-order valence-corrected chi connectivity index (χ3v) is 2.53. The van der Waals surface area contributed by atoms with E-state index in [4.69, 9.17) is 5.73 Å². The van der Waals surface area contributed by atoms with Gasteiger partial charge in [0.1, 0.15) is 0 Å². The molecule has 2 N–H and O–H groups in total. The van der Waals surface area contributed by atoms with Crippen molar-refractivity contribution in [3.63, 3.8) is 0 Å². The van der Waals surface area contributed by atoms with E-state index in [-0.39, 0.29) is 5.91 Å². The predicted molar refractivity (Wildman–Crippen MR) is 61.5 cm³/mol. The number of nitrogens with zero attached hydrogens (tertiary/aromatic N) is 1. The van der Waals surface area contributed by atoms with Gasteiger partial charge < -0.3 is 10.6 Å². The highest BCUT2D eigenvalue weighted by atomic mass is 16.1. The van der Waals surface area contributed by atoms with E-state index in [0.29, 0.717) is 13.0 Å². The van der Waals surface area contributed by atoms with Gasteiger partial charge in [-0.25, -0.2) is 0 Å². The highest BCUT2D eigenvalue weighted by molar-refractivity contribution is 5.76. The van der Waals surface area contributed by atoms with Gasteiger partial charge in [-0.15, -0.1) is 0 Å². The highest BCUT2D eigenvalue weighted by Gasteiger charge is 2.12. The molecule has 0 radical (unpaired) electrons. The summed E-state index contributed by atoms with van der Waals surface area (Å²) in [5, 5.41) is 0. The van der Waals surface area contributed by atoms with Crippen LogP contribution in [0.15, 0.2) is 30.3 Å². The second-order valence-electron chi connectivity index (χ2n) is 3.62. The minimum Gasteiger partial charge on any atom is -0.370 e. The fourth-order valence-corrected chi connectivity index (χ4v) is 1.78. The number of primary amides is 1. The van der Waals surface area contributed by atoms with Gasteiger partial charge >= 0.3 is 0 Å². The molecular formula is C12H14N2O. The third-order valence-electron chi connectivity index (χ3n) is 2.53. The van der Waals surface area contributed by atoms with Crippen molar-refractivity contribution in [3.8, 4) is 0 Å². The zero-order valence-corrected chi connectivity index (χ0v) is 8.52. The Kier molecular flexibility index (Phi) is 2.72. The van der Waals surface area contributed by atoms with E-state index in [9.17, 15) is 4.79 Å². The van der Waals surface area contributed by atoms with E-state index in [0.717, 1.165) is 6.54 Å². The third kappa shape index (κ3) is 2.18. The van der Waals surface area contributed by atoms with Crippen molar-refractivity contribution < 1.29 is 4.79 Å². The van der Waals surface area contributed by atoms with E-state index in [1.54, 1.807) is 0 Å². The number of rotatable bonds is 3.